The van der Waals surface area contributed by atoms with E-state index in [2.05, 4.69) is 24.1 Å². The van der Waals surface area contributed by atoms with E-state index in [1.807, 2.05) is 19.1 Å². The molecule has 1 amide bonds. The lowest BCUT2D eigenvalue weighted by molar-refractivity contribution is -0.143. The van der Waals surface area contributed by atoms with Crippen LogP contribution in [0.25, 0.3) is 0 Å². The van der Waals surface area contributed by atoms with E-state index in [0.29, 0.717) is 19.1 Å². The molecule has 5 nitrogen and oxygen atoms in total. The number of carbonyl (C=O) groups excluding carboxylic acids is 1. The largest absolute Gasteiger partial charge is 0.478 e. The van der Waals surface area contributed by atoms with Crippen molar-refractivity contribution in [2.45, 2.75) is 84.2 Å². The Labute approximate surface area is 157 Å². The lowest BCUT2D eigenvalue weighted by atomic mass is 9.92. The minimum Gasteiger partial charge on any atom is -0.478 e. The number of hydrogen-bond acceptors (Lipinski definition) is 4. The van der Waals surface area contributed by atoms with Gasteiger partial charge in [-0.25, -0.2) is 4.98 Å². The molecule has 0 radical (unpaired) electrons. The van der Waals surface area contributed by atoms with Crippen molar-refractivity contribution in [2.24, 2.45) is 0 Å². The Bertz CT molecular complexity index is 566. The van der Waals surface area contributed by atoms with Crippen LogP contribution in [0.3, 0.4) is 0 Å². The Kier molecular flexibility index (Phi) is 8.36. The van der Waals surface area contributed by atoms with Crippen LogP contribution in [0.15, 0.2) is 12.1 Å². The Hall–Kier alpha value is -1.62. The molecule has 0 unspecified atom stereocenters. The van der Waals surface area contributed by atoms with Gasteiger partial charge in [0.05, 0.1) is 18.0 Å². The molecule has 0 aliphatic heterocycles. The Morgan fingerprint density at radius 3 is 2.46 bits per heavy atom. The van der Waals surface area contributed by atoms with E-state index in [1.165, 1.54) is 12.8 Å². The number of unbranched alkanes of at least 4 members (excludes halogenated alkanes) is 1. The summed E-state index contributed by atoms with van der Waals surface area (Å²) in [4.78, 5) is 17.6. The molecule has 1 aliphatic rings. The summed E-state index contributed by atoms with van der Waals surface area (Å²) in [5.74, 6) is 0.581. The minimum absolute atomic E-state index is 0.0302. The van der Waals surface area contributed by atoms with Crippen molar-refractivity contribution in [3.63, 3.8) is 0 Å². The summed E-state index contributed by atoms with van der Waals surface area (Å²) in [5, 5.41) is 3.07. The topological polar surface area (TPSA) is 60.5 Å². The number of carbonyl (C=O) groups is 1. The van der Waals surface area contributed by atoms with Crippen LogP contribution >= 0.6 is 0 Å². The summed E-state index contributed by atoms with van der Waals surface area (Å²) in [6.07, 6.45) is 9.04. The summed E-state index contributed by atoms with van der Waals surface area (Å²) < 4.78 is 11.8. The first-order chi connectivity index (χ1) is 12.6. The van der Waals surface area contributed by atoms with Crippen molar-refractivity contribution in [3.8, 4) is 5.88 Å². The molecule has 0 spiro atoms. The zero-order valence-corrected chi connectivity index (χ0v) is 16.6. The number of pyridine rings is 1. The number of nitrogens with zero attached hydrogens (tertiary/aromatic N) is 1. The average molecular weight is 363 g/mol. The maximum absolute atomic E-state index is 13.1. The van der Waals surface area contributed by atoms with Crippen molar-refractivity contribution in [2.75, 3.05) is 18.5 Å². The fraction of sp³-hybridized carbons (Fsp3) is 0.714. The second-order valence-corrected chi connectivity index (χ2v) is 7.20. The molecular formula is C21H34N2O3. The van der Waals surface area contributed by atoms with Gasteiger partial charge in [-0.05, 0) is 38.7 Å². The van der Waals surface area contributed by atoms with E-state index in [4.69, 9.17) is 9.47 Å². The molecule has 0 atom stereocenters. The van der Waals surface area contributed by atoms with E-state index in [-0.39, 0.29) is 5.91 Å². The lowest BCUT2D eigenvalue weighted by Crippen LogP contribution is -2.45. The maximum Gasteiger partial charge on any atom is 0.256 e. The smallest absolute Gasteiger partial charge is 0.256 e. The van der Waals surface area contributed by atoms with Gasteiger partial charge in [0, 0.05) is 12.7 Å². The highest BCUT2D eigenvalue weighted by atomic mass is 16.5. The van der Waals surface area contributed by atoms with Crippen LogP contribution < -0.4 is 10.1 Å². The third-order valence-electron chi connectivity index (χ3n) is 4.96. The first-order valence-electron chi connectivity index (χ1n) is 10.2. The molecule has 1 saturated carbocycles. The molecule has 0 bridgehead atoms. The number of rotatable bonds is 9. The van der Waals surface area contributed by atoms with E-state index in [9.17, 15) is 4.79 Å². The van der Waals surface area contributed by atoms with Crippen molar-refractivity contribution in [1.29, 1.82) is 0 Å². The molecule has 2 rings (SSSR count). The SMILES string of the molecule is CCCCOc1ccc(NC(=O)C2(OCCC)CCCCCC2)c(C)n1. The fourth-order valence-corrected chi connectivity index (χ4v) is 3.34. The van der Waals surface area contributed by atoms with Gasteiger partial charge in [-0.3, -0.25) is 4.79 Å². The lowest BCUT2D eigenvalue weighted by Gasteiger charge is -2.31. The summed E-state index contributed by atoms with van der Waals surface area (Å²) in [5.41, 5.74) is 0.808. The summed E-state index contributed by atoms with van der Waals surface area (Å²) in [6.45, 7) is 7.39. The summed E-state index contributed by atoms with van der Waals surface area (Å²) in [6, 6.07) is 3.71. The van der Waals surface area contributed by atoms with Crippen molar-refractivity contribution in [1.82, 2.24) is 4.98 Å². The van der Waals surface area contributed by atoms with Gasteiger partial charge in [0.15, 0.2) is 0 Å². The molecule has 146 valence electrons. The number of amides is 1. The van der Waals surface area contributed by atoms with Gasteiger partial charge < -0.3 is 14.8 Å². The van der Waals surface area contributed by atoms with Gasteiger partial charge in [0.2, 0.25) is 5.88 Å². The molecule has 0 saturated heterocycles. The molecule has 5 heteroatoms. The third-order valence-corrected chi connectivity index (χ3v) is 4.96. The maximum atomic E-state index is 13.1. The number of nitrogens with one attached hydrogen (secondary N) is 1. The van der Waals surface area contributed by atoms with Gasteiger partial charge in [-0.1, -0.05) is 46.0 Å². The monoisotopic (exact) mass is 362 g/mol. The normalized spacial score (nSPS) is 16.7. The zero-order valence-electron chi connectivity index (χ0n) is 16.6. The highest BCUT2D eigenvalue weighted by Crippen LogP contribution is 2.32. The van der Waals surface area contributed by atoms with E-state index >= 15 is 0 Å². The number of anilines is 1. The molecule has 0 aromatic carbocycles. The molecule has 1 heterocycles. The van der Waals surface area contributed by atoms with Crippen LogP contribution in [0.1, 0.15) is 77.3 Å². The van der Waals surface area contributed by atoms with Gasteiger partial charge in [-0.15, -0.1) is 0 Å². The van der Waals surface area contributed by atoms with Crippen LogP contribution in [0.4, 0.5) is 5.69 Å². The average Bonchev–Trinajstić information content (AvgIpc) is 2.89. The van der Waals surface area contributed by atoms with Crippen molar-refractivity contribution < 1.29 is 14.3 Å². The highest BCUT2D eigenvalue weighted by Gasteiger charge is 2.39. The van der Waals surface area contributed by atoms with Crippen LogP contribution in [-0.2, 0) is 9.53 Å². The van der Waals surface area contributed by atoms with Crippen LogP contribution in [0.5, 0.6) is 5.88 Å². The third kappa shape index (κ3) is 5.70. The highest BCUT2D eigenvalue weighted by molar-refractivity contribution is 5.97. The number of aryl methyl sites for hydroxylation is 1. The summed E-state index contributed by atoms with van der Waals surface area (Å²) >= 11 is 0. The number of ether oxygens (including phenoxy) is 2. The molecular weight excluding hydrogens is 328 g/mol. The molecule has 1 fully saturated rings. The number of aromatic nitrogens is 1. The molecule has 26 heavy (non-hydrogen) atoms. The first kappa shape index (κ1) is 20.7. The summed E-state index contributed by atoms with van der Waals surface area (Å²) in [7, 11) is 0. The predicted molar refractivity (Wildman–Crippen MR) is 105 cm³/mol. The first-order valence-corrected chi connectivity index (χ1v) is 10.2. The second kappa shape index (κ2) is 10.5. The molecule has 1 aliphatic carbocycles. The van der Waals surface area contributed by atoms with Gasteiger partial charge in [-0.2, -0.15) is 0 Å². The Balaban J connectivity index is 2.07. The predicted octanol–water partition coefficient (Wildman–Crippen LogP) is 5.03. The van der Waals surface area contributed by atoms with Crippen LogP contribution in [0, 0.1) is 6.92 Å². The van der Waals surface area contributed by atoms with Gasteiger partial charge in [0.1, 0.15) is 5.60 Å². The molecule has 1 aromatic rings. The van der Waals surface area contributed by atoms with E-state index < -0.39 is 5.60 Å². The van der Waals surface area contributed by atoms with Crippen LogP contribution in [0.2, 0.25) is 0 Å². The standard InChI is InChI=1S/C21H34N2O3/c1-4-6-16-25-19-12-11-18(17(3)22-19)23-20(24)21(26-15-5-2)13-9-7-8-10-14-21/h11-12H,4-10,13-16H2,1-3H3,(H,23,24). The van der Waals surface area contributed by atoms with E-state index in [0.717, 1.165) is 56.3 Å². The number of hydrogen-bond donors (Lipinski definition) is 1. The zero-order chi connectivity index (χ0) is 18.8. The van der Waals surface area contributed by atoms with Gasteiger partial charge in [0.25, 0.3) is 5.91 Å². The molecule has 1 aromatic heterocycles. The Morgan fingerprint density at radius 2 is 1.85 bits per heavy atom. The quantitative estimate of drug-likeness (QED) is 0.494. The Morgan fingerprint density at radius 1 is 1.12 bits per heavy atom. The van der Waals surface area contributed by atoms with Crippen LogP contribution in [-0.4, -0.2) is 29.7 Å². The van der Waals surface area contributed by atoms with Crippen molar-refractivity contribution in [3.05, 3.63) is 17.8 Å². The van der Waals surface area contributed by atoms with Crippen molar-refractivity contribution >= 4 is 11.6 Å². The van der Waals surface area contributed by atoms with E-state index in [1.54, 1.807) is 0 Å². The molecule has 1 N–H and O–H groups in total. The fourth-order valence-electron chi connectivity index (χ4n) is 3.34. The van der Waals surface area contributed by atoms with Gasteiger partial charge >= 0.3 is 0 Å². The second-order valence-electron chi connectivity index (χ2n) is 7.20. The minimum atomic E-state index is -0.699.